The number of carbonyl (C=O) groups is 1. The number of thiocarbonyl (C=S) groups is 1. The minimum absolute atomic E-state index is 0.0571. The summed E-state index contributed by atoms with van der Waals surface area (Å²) in [6.07, 6.45) is 1.55. The van der Waals surface area contributed by atoms with Gasteiger partial charge < -0.3 is 11.1 Å². The molecule has 4 nitrogen and oxygen atoms in total. The molecule has 2 aromatic rings. The van der Waals surface area contributed by atoms with Crippen LogP contribution in [0.4, 0.5) is 10.1 Å². The SMILES string of the molecule is Cc1cc(C(=O)Nc2ccc(F)c(C(N)=S)c2)ccn1. The highest BCUT2D eigenvalue weighted by atomic mass is 32.1. The van der Waals surface area contributed by atoms with Gasteiger partial charge in [-0.1, -0.05) is 12.2 Å². The number of halogens is 1. The number of hydrogen-bond donors (Lipinski definition) is 2. The van der Waals surface area contributed by atoms with Gasteiger partial charge in [-0.2, -0.15) is 0 Å². The second kappa shape index (κ2) is 5.75. The van der Waals surface area contributed by atoms with Crippen molar-refractivity contribution in [1.29, 1.82) is 0 Å². The summed E-state index contributed by atoms with van der Waals surface area (Å²) in [5.41, 5.74) is 7.15. The van der Waals surface area contributed by atoms with Gasteiger partial charge in [-0.15, -0.1) is 0 Å². The smallest absolute Gasteiger partial charge is 0.255 e. The van der Waals surface area contributed by atoms with Crippen molar-refractivity contribution in [3.8, 4) is 0 Å². The highest BCUT2D eigenvalue weighted by molar-refractivity contribution is 7.80. The van der Waals surface area contributed by atoms with E-state index in [0.717, 1.165) is 5.69 Å². The monoisotopic (exact) mass is 289 g/mol. The van der Waals surface area contributed by atoms with Crippen LogP contribution in [0.2, 0.25) is 0 Å². The number of pyridine rings is 1. The number of nitrogens with zero attached hydrogens (tertiary/aromatic N) is 1. The van der Waals surface area contributed by atoms with Crippen molar-refractivity contribution < 1.29 is 9.18 Å². The quantitative estimate of drug-likeness (QED) is 0.852. The van der Waals surface area contributed by atoms with E-state index in [-0.39, 0.29) is 16.5 Å². The molecular formula is C14H12FN3OS. The van der Waals surface area contributed by atoms with Crippen molar-refractivity contribution in [3.05, 3.63) is 59.2 Å². The zero-order valence-corrected chi connectivity index (χ0v) is 11.5. The predicted octanol–water partition coefficient (Wildman–Crippen LogP) is 2.42. The molecular weight excluding hydrogens is 277 g/mol. The maximum absolute atomic E-state index is 13.4. The molecule has 102 valence electrons. The number of amides is 1. The van der Waals surface area contributed by atoms with Crippen molar-refractivity contribution >= 4 is 28.8 Å². The first kappa shape index (κ1) is 14.1. The van der Waals surface area contributed by atoms with Crippen molar-refractivity contribution in [3.63, 3.8) is 0 Å². The predicted molar refractivity (Wildman–Crippen MR) is 79.2 cm³/mol. The van der Waals surface area contributed by atoms with E-state index < -0.39 is 5.82 Å². The molecule has 0 saturated heterocycles. The molecule has 6 heteroatoms. The third-order valence-corrected chi connectivity index (χ3v) is 2.87. The fourth-order valence-electron chi connectivity index (χ4n) is 1.68. The number of nitrogens with two attached hydrogens (primary N) is 1. The molecule has 0 unspecified atom stereocenters. The molecule has 0 aliphatic carbocycles. The third-order valence-electron chi connectivity index (χ3n) is 2.65. The lowest BCUT2D eigenvalue weighted by atomic mass is 10.1. The number of aryl methyl sites for hydroxylation is 1. The normalized spacial score (nSPS) is 10.1. The summed E-state index contributed by atoms with van der Waals surface area (Å²) in [5.74, 6) is -0.828. The first-order valence-electron chi connectivity index (χ1n) is 5.81. The van der Waals surface area contributed by atoms with Crippen LogP contribution in [-0.4, -0.2) is 15.9 Å². The van der Waals surface area contributed by atoms with E-state index in [1.54, 1.807) is 25.3 Å². The molecule has 1 heterocycles. The zero-order chi connectivity index (χ0) is 14.7. The Kier molecular flexibility index (Phi) is 4.05. The van der Waals surface area contributed by atoms with Crippen LogP contribution in [0.3, 0.4) is 0 Å². The van der Waals surface area contributed by atoms with Crippen molar-refractivity contribution in [1.82, 2.24) is 4.98 Å². The number of benzene rings is 1. The standard InChI is InChI=1S/C14H12FN3OS/c1-8-6-9(4-5-17-8)14(19)18-10-2-3-12(15)11(7-10)13(16)20/h2-7H,1H3,(H2,16,20)(H,18,19). The zero-order valence-electron chi connectivity index (χ0n) is 10.7. The van der Waals surface area contributed by atoms with E-state index in [9.17, 15) is 9.18 Å². The molecule has 1 aromatic heterocycles. The molecule has 0 bridgehead atoms. The van der Waals surface area contributed by atoms with E-state index in [2.05, 4.69) is 10.3 Å². The lowest BCUT2D eigenvalue weighted by Crippen LogP contribution is -2.15. The Labute approximate surface area is 120 Å². The Balaban J connectivity index is 2.24. The lowest BCUT2D eigenvalue weighted by Gasteiger charge is -2.08. The fraction of sp³-hybridized carbons (Fsp3) is 0.0714. The van der Waals surface area contributed by atoms with Crippen LogP contribution < -0.4 is 11.1 Å². The topological polar surface area (TPSA) is 68.0 Å². The summed E-state index contributed by atoms with van der Waals surface area (Å²) in [7, 11) is 0. The van der Waals surface area contributed by atoms with Crippen molar-refractivity contribution in [2.24, 2.45) is 5.73 Å². The Morgan fingerprint density at radius 3 is 2.75 bits per heavy atom. The van der Waals surface area contributed by atoms with E-state index in [4.69, 9.17) is 18.0 Å². The van der Waals surface area contributed by atoms with Crippen LogP contribution in [0.1, 0.15) is 21.6 Å². The molecule has 0 aliphatic heterocycles. The van der Waals surface area contributed by atoms with Crippen LogP contribution in [0.25, 0.3) is 0 Å². The number of aromatic nitrogens is 1. The molecule has 0 atom stereocenters. The van der Waals surface area contributed by atoms with Gasteiger partial charge >= 0.3 is 0 Å². The largest absolute Gasteiger partial charge is 0.389 e. The number of hydrogen-bond acceptors (Lipinski definition) is 3. The van der Waals surface area contributed by atoms with Gasteiger partial charge in [-0.05, 0) is 37.3 Å². The van der Waals surface area contributed by atoms with Gasteiger partial charge in [0.25, 0.3) is 5.91 Å². The van der Waals surface area contributed by atoms with Gasteiger partial charge in [0, 0.05) is 28.7 Å². The third kappa shape index (κ3) is 3.16. The van der Waals surface area contributed by atoms with Crippen molar-refractivity contribution in [2.45, 2.75) is 6.92 Å². The van der Waals surface area contributed by atoms with Gasteiger partial charge in [0.15, 0.2) is 0 Å². The highest BCUT2D eigenvalue weighted by Crippen LogP contribution is 2.16. The maximum Gasteiger partial charge on any atom is 0.255 e. The molecule has 3 N–H and O–H groups in total. The van der Waals surface area contributed by atoms with E-state index in [0.29, 0.717) is 11.3 Å². The summed E-state index contributed by atoms with van der Waals surface area (Å²) in [6, 6.07) is 7.32. The molecule has 0 aliphatic rings. The molecule has 0 saturated carbocycles. The molecule has 1 aromatic carbocycles. The lowest BCUT2D eigenvalue weighted by molar-refractivity contribution is 0.102. The Morgan fingerprint density at radius 1 is 1.35 bits per heavy atom. The van der Waals surface area contributed by atoms with E-state index in [1.165, 1.54) is 18.2 Å². The second-order valence-corrected chi connectivity index (χ2v) is 4.64. The Hall–Kier alpha value is -2.34. The molecule has 20 heavy (non-hydrogen) atoms. The molecule has 1 amide bonds. The van der Waals surface area contributed by atoms with E-state index in [1.807, 2.05) is 0 Å². The molecule has 2 rings (SSSR count). The number of carbonyl (C=O) groups excluding carboxylic acids is 1. The van der Waals surface area contributed by atoms with Gasteiger partial charge in [0.2, 0.25) is 0 Å². The molecule has 0 fully saturated rings. The summed E-state index contributed by atoms with van der Waals surface area (Å²) < 4.78 is 13.4. The average Bonchev–Trinajstić information content (AvgIpc) is 2.40. The maximum atomic E-state index is 13.4. The summed E-state index contributed by atoms with van der Waals surface area (Å²) in [5, 5.41) is 2.66. The molecule has 0 spiro atoms. The van der Waals surface area contributed by atoms with Crippen LogP contribution in [0.5, 0.6) is 0 Å². The first-order valence-corrected chi connectivity index (χ1v) is 6.21. The summed E-state index contributed by atoms with van der Waals surface area (Å²) >= 11 is 4.75. The minimum Gasteiger partial charge on any atom is -0.389 e. The van der Waals surface area contributed by atoms with E-state index >= 15 is 0 Å². The Morgan fingerprint density at radius 2 is 2.10 bits per heavy atom. The van der Waals surface area contributed by atoms with Crippen LogP contribution >= 0.6 is 12.2 Å². The first-order chi connectivity index (χ1) is 9.47. The van der Waals surface area contributed by atoms with Gasteiger partial charge in [-0.3, -0.25) is 9.78 Å². The van der Waals surface area contributed by atoms with Gasteiger partial charge in [0.1, 0.15) is 10.8 Å². The van der Waals surface area contributed by atoms with Gasteiger partial charge in [-0.25, -0.2) is 4.39 Å². The fourth-order valence-corrected chi connectivity index (χ4v) is 1.84. The number of nitrogens with one attached hydrogen (secondary N) is 1. The number of rotatable bonds is 3. The van der Waals surface area contributed by atoms with Gasteiger partial charge in [0.05, 0.1) is 0 Å². The Bertz CT molecular complexity index is 688. The van der Waals surface area contributed by atoms with Crippen LogP contribution in [0, 0.1) is 12.7 Å². The van der Waals surface area contributed by atoms with Crippen LogP contribution in [-0.2, 0) is 0 Å². The van der Waals surface area contributed by atoms with Crippen molar-refractivity contribution in [2.75, 3.05) is 5.32 Å². The number of anilines is 1. The second-order valence-electron chi connectivity index (χ2n) is 4.20. The average molecular weight is 289 g/mol. The summed E-state index contributed by atoms with van der Waals surface area (Å²) in [6.45, 7) is 1.79. The highest BCUT2D eigenvalue weighted by Gasteiger charge is 2.10. The van der Waals surface area contributed by atoms with Crippen LogP contribution in [0.15, 0.2) is 36.5 Å². The minimum atomic E-state index is -0.518. The summed E-state index contributed by atoms with van der Waals surface area (Å²) in [4.78, 5) is 16.0. The molecule has 0 radical (unpaired) electrons.